The van der Waals surface area contributed by atoms with Crippen LogP contribution >= 0.6 is 11.3 Å². The zero-order valence-electron chi connectivity index (χ0n) is 12.7. The average Bonchev–Trinajstić information content (AvgIpc) is 2.83. The summed E-state index contributed by atoms with van der Waals surface area (Å²) in [5.41, 5.74) is 0.568. The van der Waals surface area contributed by atoms with Crippen molar-refractivity contribution < 1.29 is 5.11 Å². The predicted molar refractivity (Wildman–Crippen MR) is 83.7 cm³/mol. The molecule has 0 spiro atoms. The SMILES string of the molecule is CCC(CC)N(CCO)Cc1nn2c(=O)cc(C)nc2s1. The van der Waals surface area contributed by atoms with Crippen LogP contribution < -0.4 is 5.56 Å². The second kappa shape index (κ2) is 7.11. The van der Waals surface area contributed by atoms with Crippen molar-refractivity contribution in [2.24, 2.45) is 0 Å². The van der Waals surface area contributed by atoms with Gasteiger partial charge < -0.3 is 5.11 Å². The standard InChI is InChI=1S/C14H22N4O2S/c1-4-11(5-2)17(6-7-19)9-12-16-18-13(20)8-10(3)15-14(18)21-12/h8,11,19H,4-7,9H2,1-3H3. The van der Waals surface area contributed by atoms with E-state index in [4.69, 9.17) is 0 Å². The molecule has 2 heterocycles. The Hall–Kier alpha value is -1.31. The summed E-state index contributed by atoms with van der Waals surface area (Å²) in [5.74, 6) is 0. The van der Waals surface area contributed by atoms with E-state index in [1.165, 1.54) is 21.9 Å². The zero-order valence-corrected chi connectivity index (χ0v) is 13.6. The Kier molecular flexibility index (Phi) is 5.44. The van der Waals surface area contributed by atoms with Crippen LogP contribution in [0.2, 0.25) is 0 Å². The van der Waals surface area contributed by atoms with E-state index in [1.54, 1.807) is 0 Å². The van der Waals surface area contributed by atoms with Gasteiger partial charge in [0.2, 0.25) is 4.96 Å². The number of nitrogens with zero attached hydrogens (tertiary/aromatic N) is 4. The number of rotatable bonds is 7. The quantitative estimate of drug-likeness (QED) is 0.838. The van der Waals surface area contributed by atoms with Gasteiger partial charge in [0.1, 0.15) is 5.01 Å². The number of aryl methyl sites for hydroxylation is 1. The van der Waals surface area contributed by atoms with E-state index in [1.807, 2.05) is 6.92 Å². The van der Waals surface area contributed by atoms with Crippen LogP contribution in [0.1, 0.15) is 37.4 Å². The van der Waals surface area contributed by atoms with Crippen LogP contribution in [0, 0.1) is 6.92 Å². The summed E-state index contributed by atoms with van der Waals surface area (Å²) in [6, 6.07) is 1.90. The molecule has 0 saturated carbocycles. The first kappa shape index (κ1) is 16.1. The maximum Gasteiger partial charge on any atom is 0.275 e. The molecule has 1 N–H and O–H groups in total. The summed E-state index contributed by atoms with van der Waals surface area (Å²) in [6.07, 6.45) is 2.05. The van der Waals surface area contributed by atoms with Crippen molar-refractivity contribution in [1.82, 2.24) is 19.5 Å². The minimum Gasteiger partial charge on any atom is -0.395 e. The Morgan fingerprint density at radius 3 is 2.76 bits per heavy atom. The number of aliphatic hydroxyl groups is 1. The van der Waals surface area contributed by atoms with Crippen molar-refractivity contribution in [2.45, 2.75) is 46.2 Å². The molecule has 0 bridgehead atoms. The van der Waals surface area contributed by atoms with Crippen LogP contribution in [0.5, 0.6) is 0 Å². The van der Waals surface area contributed by atoms with Crippen molar-refractivity contribution in [1.29, 1.82) is 0 Å². The largest absolute Gasteiger partial charge is 0.395 e. The van der Waals surface area contributed by atoms with Gasteiger partial charge in [0.05, 0.1) is 13.2 Å². The second-order valence-corrected chi connectivity index (χ2v) is 6.13. The molecule has 116 valence electrons. The van der Waals surface area contributed by atoms with Crippen LogP contribution in [-0.2, 0) is 6.54 Å². The molecular weight excluding hydrogens is 288 g/mol. The summed E-state index contributed by atoms with van der Waals surface area (Å²) in [7, 11) is 0. The Bertz CT molecular complexity index is 648. The first-order valence-corrected chi connectivity index (χ1v) is 8.12. The van der Waals surface area contributed by atoms with Crippen LogP contribution in [0.4, 0.5) is 0 Å². The highest BCUT2D eigenvalue weighted by Gasteiger charge is 2.17. The van der Waals surface area contributed by atoms with E-state index < -0.39 is 0 Å². The van der Waals surface area contributed by atoms with Crippen LogP contribution in [0.3, 0.4) is 0 Å². The van der Waals surface area contributed by atoms with Gasteiger partial charge in [-0.05, 0) is 19.8 Å². The van der Waals surface area contributed by atoms with Crippen molar-refractivity contribution in [2.75, 3.05) is 13.2 Å². The van der Waals surface area contributed by atoms with Gasteiger partial charge in [0, 0.05) is 24.3 Å². The van der Waals surface area contributed by atoms with Gasteiger partial charge in [0.25, 0.3) is 5.56 Å². The maximum atomic E-state index is 11.9. The molecule has 0 amide bonds. The van der Waals surface area contributed by atoms with Gasteiger partial charge in [-0.25, -0.2) is 4.98 Å². The molecule has 0 aliphatic heterocycles. The first-order chi connectivity index (χ1) is 10.1. The molecular formula is C14H22N4O2S. The molecule has 0 fully saturated rings. The van der Waals surface area contributed by atoms with Gasteiger partial charge in [-0.15, -0.1) is 0 Å². The maximum absolute atomic E-state index is 11.9. The van der Waals surface area contributed by atoms with Crippen molar-refractivity contribution in [3.63, 3.8) is 0 Å². The predicted octanol–water partition coefficient (Wildman–Crippen LogP) is 1.44. The van der Waals surface area contributed by atoms with Gasteiger partial charge in [-0.3, -0.25) is 9.69 Å². The molecule has 0 unspecified atom stereocenters. The topological polar surface area (TPSA) is 70.7 Å². The number of hydrogen-bond acceptors (Lipinski definition) is 6. The van der Waals surface area contributed by atoms with E-state index in [-0.39, 0.29) is 12.2 Å². The van der Waals surface area contributed by atoms with Crippen LogP contribution in [0.15, 0.2) is 10.9 Å². The molecule has 7 heteroatoms. The van der Waals surface area contributed by atoms with Gasteiger partial charge >= 0.3 is 0 Å². The van der Waals surface area contributed by atoms with Crippen molar-refractivity contribution >= 4 is 16.3 Å². The lowest BCUT2D eigenvalue weighted by Crippen LogP contribution is -2.36. The normalized spacial score (nSPS) is 11.9. The van der Waals surface area contributed by atoms with E-state index in [0.29, 0.717) is 29.8 Å². The van der Waals surface area contributed by atoms with Gasteiger partial charge in [-0.2, -0.15) is 9.61 Å². The number of fused-ring (bicyclic) bond motifs is 1. The Labute approximate surface area is 128 Å². The first-order valence-electron chi connectivity index (χ1n) is 7.30. The van der Waals surface area contributed by atoms with Crippen LogP contribution in [-0.4, -0.2) is 43.8 Å². The third-order valence-electron chi connectivity index (χ3n) is 3.60. The molecule has 0 radical (unpaired) electrons. The number of aliphatic hydroxyl groups excluding tert-OH is 1. The molecule has 0 aliphatic rings. The summed E-state index contributed by atoms with van der Waals surface area (Å²) >= 11 is 1.44. The Balaban J connectivity index is 2.28. The lowest BCUT2D eigenvalue weighted by atomic mass is 10.1. The lowest BCUT2D eigenvalue weighted by Gasteiger charge is -2.28. The molecule has 0 aliphatic carbocycles. The second-order valence-electron chi connectivity index (χ2n) is 5.09. The molecule has 0 saturated heterocycles. The monoisotopic (exact) mass is 310 g/mol. The van der Waals surface area contributed by atoms with Crippen molar-refractivity contribution in [3.8, 4) is 0 Å². The Morgan fingerprint density at radius 2 is 2.14 bits per heavy atom. The third kappa shape index (κ3) is 3.66. The molecule has 0 atom stereocenters. The summed E-state index contributed by atoms with van der Waals surface area (Å²) in [6.45, 7) is 7.48. The van der Waals surface area contributed by atoms with Crippen LogP contribution in [0.25, 0.3) is 4.96 Å². The van der Waals surface area contributed by atoms with Gasteiger partial charge in [0.15, 0.2) is 0 Å². The molecule has 2 aromatic rings. The summed E-state index contributed by atoms with van der Waals surface area (Å²) in [4.78, 5) is 19.1. The lowest BCUT2D eigenvalue weighted by molar-refractivity contribution is 0.136. The highest BCUT2D eigenvalue weighted by atomic mass is 32.1. The minimum absolute atomic E-state index is 0.124. The highest BCUT2D eigenvalue weighted by molar-refractivity contribution is 7.16. The summed E-state index contributed by atoms with van der Waals surface area (Å²) < 4.78 is 1.36. The number of hydrogen-bond donors (Lipinski definition) is 1. The molecule has 6 nitrogen and oxygen atoms in total. The fourth-order valence-electron chi connectivity index (χ4n) is 2.52. The van der Waals surface area contributed by atoms with E-state index in [0.717, 1.165) is 17.8 Å². The average molecular weight is 310 g/mol. The fourth-order valence-corrected chi connectivity index (χ4v) is 3.49. The van der Waals surface area contributed by atoms with E-state index in [2.05, 4.69) is 28.8 Å². The smallest absolute Gasteiger partial charge is 0.275 e. The highest BCUT2D eigenvalue weighted by Crippen LogP contribution is 2.17. The summed E-state index contributed by atoms with van der Waals surface area (Å²) in [5, 5.41) is 14.5. The minimum atomic E-state index is -0.142. The molecule has 0 aromatic carbocycles. The fraction of sp³-hybridized carbons (Fsp3) is 0.643. The third-order valence-corrected chi connectivity index (χ3v) is 4.49. The number of aromatic nitrogens is 3. The molecule has 2 rings (SSSR count). The van der Waals surface area contributed by atoms with Gasteiger partial charge in [-0.1, -0.05) is 25.2 Å². The van der Waals surface area contributed by atoms with Crippen molar-refractivity contribution in [3.05, 3.63) is 27.1 Å². The molecule has 21 heavy (non-hydrogen) atoms. The zero-order chi connectivity index (χ0) is 15.4. The van der Waals surface area contributed by atoms with E-state index >= 15 is 0 Å². The van der Waals surface area contributed by atoms with E-state index in [9.17, 15) is 9.90 Å². The molecule has 2 aromatic heterocycles. The Morgan fingerprint density at radius 1 is 1.43 bits per heavy atom.